The van der Waals surface area contributed by atoms with Gasteiger partial charge in [-0.05, 0) is 35.9 Å². The Morgan fingerprint density at radius 3 is 2.61 bits per heavy atom. The summed E-state index contributed by atoms with van der Waals surface area (Å²) in [6.45, 7) is 0. The minimum Gasteiger partial charge on any atom is -0.497 e. The fourth-order valence-electron chi connectivity index (χ4n) is 2.94. The van der Waals surface area contributed by atoms with Crippen LogP contribution in [0.2, 0.25) is 0 Å². The van der Waals surface area contributed by atoms with Crippen LogP contribution in [0.3, 0.4) is 0 Å². The van der Waals surface area contributed by atoms with E-state index >= 15 is 0 Å². The first-order valence-electron chi connectivity index (χ1n) is 9.22. The number of carbonyl (C=O) groups is 1. The zero-order chi connectivity index (χ0) is 21.8. The zero-order valence-corrected chi connectivity index (χ0v) is 16.3. The number of nitro benzene ring substituents is 1. The Bertz CT molecular complexity index is 1240. The van der Waals surface area contributed by atoms with E-state index < -0.39 is 10.9 Å². The van der Waals surface area contributed by atoms with Gasteiger partial charge in [-0.25, -0.2) is 9.79 Å². The highest BCUT2D eigenvalue weighted by Crippen LogP contribution is 2.34. The quantitative estimate of drug-likeness (QED) is 0.246. The summed E-state index contributed by atoms with van der Waals surface area (Å²) in [6.07, 6.45) is 4.80. The topological polar surface area (TPSA) is 104 Å². The minimum atomic E-state index is -0.610. The maximum atomic E-state index is 12.1. The molecule has 3 aromatic rings. The summed E-state index contributed by atoms with van der Waals surface area (Å²) >= 11 is 0. The number of nitro groups is 1. The maximum Gasteiger partial charge on any atom is 0.363 e. The van der Waals surface area contributed by atoms with Crippen LogP contribution in [0.15, 0.2) is 81.8 Å². The van der Waals surface area contributed by atoms with E-state index in [1.807, 2.05) is 30.3 Å². The summed E-state index contributed by atoms with van der Waals surface area (Å²) in [5.74, 6) is 0.507. The molecule has 8 heteroatoms. The highest BCUT2D eigenvalue weighted by atomic mass is 16.6. The molecule has 31 heavy (non-hydrogen) atoms. The Labute approximate surface area is 176 Å². The summed E-state index contributed by atoms with van der Waals surface area (Å²) in [7, 11) is 1.43. The lowest BCUT2D eigenvalue weighted by Crippen LogP contribution is -2.01. The smallest absolute Gasteiger partial charge is 0.363 e. The normalized spacial score (nSPS) is 14.7. The van der Waals surface area contributed by atoms with Crippen LogP contribution in [0.4, 0.5) is 5.69 Å². The number of hydrogen-bond donors (Lipinski definition) is 0. The van der Waals surface area contributed by atoms with Gasteiger partial charge in [-0.2, -0.15) is 0 Å². The molecule has 0 amide bonds. The van der Waals surface area contributed by atoms with Crippen LogP contribution < -0.4 is 4.74 Å². The number of carbonyl (C=O) groups excluding carboxylic acids is 1. The molecule has 0 spiro atoms. The number of rotatable bonds is 6. The Morgan fingerprint density at radius 2 is 1.87 bits per heavy atom. The standard InChI is InChI=1S/C23H16N2O6/c1-29-16-8-10-18(20(14-16)25(27)28)21-11-9-17(30-21)13-19-23(26)31-22(24-19)12-7-15-5-3-2-4-6-15/h2-14H,1H3/b12-7+,19-13+. The van der Waals surface area contributed by atoms with Gasteiger partial charge in [-0.3, -0.25) is 10.1 Å². The third-order valence-corrected chi connectivity index (χ3v) is 4.43. The van der Waals surface area contributed by atoms with Crippen LogP contribution in [0.25, 0.3) is 23.5 Å². The van der Waals surface area contributed by atoms with Crippen molar-refractivity contribution >= 4 is 29.7 Å². The molecule has 2 aromatic carbocycles. The second-order valence-corrected chi connectivity index (χ2v) is 6.46. The van der Waals surface area contributed by atoms with Crippen molar-refractivity contribution in [1.29, 1.82) is 0 Å². The second-order valence-electron chi connectivity index (χ2n) is 6.46. The molecule has 1 aliphatic heterocycles. The number of furan rings is 1. The number of aliphatic imine (C=N–C) groups is 1. The number of hydrogen-bond acceptors (Lipinski definition) is 7. The monoisotopic (exact) mass is 416 g/mol. The molecular weight excluding hydrogens is 400 g/mol. The second kappa shape index (κ2) is 8.50. The van der Waals surface area contributed by atoms with Gasteiger partial charge >= 0.3 is 5.97 Å². The van der Waals surface area contributed by atoms with Crippen LogP contribution in [0.5, 0.6) is 5.75 Å². The summed E-state index contributed by atoms with van der Waals surface area (Å²) < 4.78 is 15.9. The van der Waals surface area contributed by atoms with Gasteiger partial charge in [0, 0.05) is 12.2 Å². The molecule has 0 unspecified atom stereocenters. The molecule has 0 atom stereocenters. The number of esters is 1. The fraction of sp³-hybridized carbons (Fsp3) is 0.0435. The van der Waals surface area contributed by atoms with Gasteiger partial charge in [0.15, 0.2) is 5.70 Å². The fourth-order valence-corrected chi connectivity index (χ4v) is 2.94. The first-order valence-corrected chi connectivity index (χ1v) is 9.22. The van der Waals surface area contributed by atoms with Crippen LogP contribution in [-0.4, -0.2) is 23.9 Å². The third kappa shape index (κ3) is 4.43. The lowest BCUT2D eigenvalue weighted by Gasteiger charge is -2.03. The molecular formula is C23H16N2O6. The average molecular weight is 416 g/mol. The summed E-state index contributed by atoms with van der Waals surface area (Å²) in [5, 5.41) is 11.4. The molecule has 0 radical (unpaired) electrons. The lowest BCUT2D eigenvalue weighted by atomic mass is 10.1. The zero-order valence-electron chi connectivity index (χ0n) is 16.3. The number of benzene rings is 2. The Morgan fingerprint density at radius 1 is 1.06 bits per heavy atom. The van der Waals surface area contributed by atoms with Crippen molar-refractivity contribution in [2.24, 2.45) is 4.99 Å². The van der Waals surface area contributed by atoms with Crippen molar-refractivity contribution in [3.8, 4) is 17.1 Å². The summed E-state index contributed by atoms with van der Waals surface area (Å²) in [5.41, 5.74) is 1.15. The highest BCUT2D eigenvalue weighted by Gasteiger charge is 2.23. The van der Waals surface area contributed by atoms with Crippen molar-refractivity contribution in [3.05, 3.63) is 93.9 Å². The van der Waals surface area contributed by atoms with Gasteiger partial charge in [0.05, 0.1) is 23.7 Å². The van der Waals surface area contributed by atoms with Crippen molar-refractivity contribution in [3.63, 3.8) is 0 Å². The molecule has 0 N–H and O–H groups in total. The largest absolute Gasteiger partial charge is 0.497 e. The van der Waals surface area contributed by atoms with E-state index in [1.54, 1.807) is 36.4 Å². The van der Waals surface area contributed by atoms with E-state index in [0.29, 0.717) is 17.1 Å². The van der Waals surface area contributed by atoms with Gasteiger partial charge in [0.2, 0.25) is 5.90 Å². The van der Waals surface area contributed by atoms with E-state index in [0.717, 1.165) is 5.56 Å². The predicted octanol–water partition coefficient (Wildman–Crippen LogP) is 4.87. The Balaban J connectivity index is 1.58. The van der Waals surface area contributed by atoms with Crippen LogP contribution in [0, 0.1) is 10.1 Å². The minimum absolute atomic E-state index is 0.0674. The molecule has 154 valence electrons. The van der Waals surface area contributed by atoms with Gasteiger partial charge < -0.3 is 13.9 Å². The van der Waals surface area contributed by atoms with Crippen molar-refractivity contribution in [1.82, 2.24) is 0 Å². The molecule has 8 nitrogen and oxygen atoms in total. The van der Waals surface area contributed by atoms with E-state index in [2.05, 4.69) is 4.99 Å². The first kappa shape index (κ1) is 19.8. The summed E-state index contributed by atoms with van der Waals surface area (Å²) in [4.78, 5) is 27.2. The molecule has 0 bridgehead atoms. The van der Waals surface area contributed by atoms with E-state index in [-0.39, 0.29) is 23.0 Å². The highest BCUT2D eigenvalue weighted by molar-refractivity contribution is 6.11. The average Bonchev–Trinajstić information content (AvgIpc) is 3.39. The Kier molecular flexibility index (Phi) is 5.44. The van der Waals surface area contributed by atoms with Gasteiger partial charge in [0.25, 0.3) is 5.69 Å². The number of cyclic esters (lactones) is 1. The van der Waals surface area contributed by atoms with E-state index in [9.17, 15) is 14.9 Å². The van der Waals surface area contributed by atoms with Crippen molar-refractivity contribution < 1.29 is 23.6 Å². The van der Waals surface area contributed by atoms with E-state index in [4.69, 9.17) is 13.9 Å². The number of methoxy groups -OCH3 is 1. The first-order chi connectivity index (χ1) is 15.0. The molecule has 1 aliphatic rings. The molecule has 1 aromatic heterocycles. The van der Waals surface area contributed by atoms with Gasteiger partial charge in [0.1, 0.15) is 17.3 Å². The van der Waals surface area contributed by atoms with Crippen molar-refractivity contribution in [2.75, 3.05) is 7.11 Å². The number of nitrogens with zero attached hydrogens (tertiary/aromatic N) is 2. The lowest BCUT2D eigenvalue weighted by molar-refractivity contribution is -0.384. The molecule has 0 aliphatic carbocycles. The molecule has 4 rings (SSSR count). The maximum absolute atomic E-state index is 12.1. The third-order valence-electron chi connectivity index (χ3n) is 4.43. The van der Waals surface area contributed by atoms with Crippen LogP contribution in [-0.2, 0) is 9.53 Å². The van der Waals surface area contributed by atoms with E-state index in [1.165, 1.54) is 19.3 Å². The summed E-state index contributed by atoms with van der Waals surface area (Å²) in [6, 6.07) is 17.2. The molecule has 0 saturated carbocycles. The molecule has 2 heterocycles. The molecule has 0 fully saturated rings. The van der Waals surface area contributed by atoms with Gasteiger partial charge in [-0.15, -0.1) is 0 Å². The predicted molar refractivity (Wildman–Crippen MR) is 114 cm³/mol. The SMILES string of the molecule is COc1ccc(-c2ccc(/C=C3N=C(/C=C/c4ccccc4)OC/3=O)o2)c([N+](=O)[O-])c1. The van der Waals surface area contributed by atoms with Crippen molar-refractivity contribution in [2.45, 2.75) is 0 Å². The number of ether oxygens (including phenoxy) is 2. The van der Waals surface area contributed by atoms with Crippen LogP contribution >= 0.6 is 0 Å². The van der Waals surface area contributed by atoms with Gasteiger partial charge in [-0.1, -0.05) is 30.3 Å². The van der Waals surface area contributed by atoms with Crippen LogP contribution in [0.1, 0.15) is 11.3 Å². The Hall–Kier alpha value is -4.46. The molecule has 0 saturated heterocycles.